The highest BCUT2D eigenvalue weighted by atomic mass is 32.2. The molecule has 0 aliphatic heterocycles. The fourth-order valence-electron chi connectivity index (χ4n) is 1.86. The Morgan fingerprint density at radius 2 is 2.19 bits per heavy atom. The number of nitrogens with zero attached hydrogens (tertiary/aromatic N) is 4. The molecule has 2 aromatic rings. The molecule has 7 heteroatoms. The summed E-state index contributed by atoms with van der Waals surface area (Å²) in [6.45, 7) is 5.03. The third kappa shape index (κ3) is 4.12. The number of carbonyl (C=O) groups is 1. The summed E-state index contributed by atoms with van der Waals surface area (Å²) in [5.74, 6) is 0.403. The van der Waals surface area contributed by atoms with Crippen LogP contribution in [-0.4, -0.2) is 45.5 Å². The van der Waals surface area contributed by atoms with E-state index in [0.29, 0.717) is 24.1 Å². The molecule has 2 rings (SSSR count). The van der Waals surface area contributed by atoms with Crippen LogP contribution in [0.5, 0.6) is 0 Å². The van der Waals surface area contributed by atoms with Crippen LogP contribution >= 0.6 is 11.8 Å². The molecule has 1 heterocycles. The second-order valence-electron chi connectivity index (χ2n) is 4.71. The van der Waals surface area contributed by atoms with Gasteiger partial charge in [0.15, 0.2) is 5.78 Å². The van der Waals surface area contributed by atoms with Crippen molar-refractivity contribution in [3.63, 3.8) is 0 Å². The van der Waals surface area contributed by atoms with E-state index in [0.717, 1.165) is 16.7 Å². The van der Waals surface area contributed by atoms with Crippen molar-refractivity contribution in [1.29, 1.82) is 0 Å². The summed E-state index contributed by atoms with van der Waals surface area (Å²) in [5.41, 5.74) is 2.84. The highest BCUT2D eigenvalue weighted by molar-refractivity contribution is 7.99. The molecule has 0 spiro atoms. The molecule has 1 aromatic heterocycles. The number of hydrogen-bond donors (Lipinski definition) is 0. The molecule has 0 atom stereocenters. The van der Waals surface area contributed by atoms with Gasteiger partial charge in [-0.25, -0.2) is 4.68 Å². The number of aryl methyl sites for hydroxylation is 2. The van der Waals surface area contributed by atoms with Gasteiger partial charge in [-0.05, 0) is 35.9 Å². The molecule has 0 radical (unpaired) electrons. The number of benzene rings is 1. The molecule has 1 aromatic carbocycles. The zero-order chi connectivity index (χ0) is 15.2. The van der Waals surface area contributed by atoms with Gasteiger partial charge in [-0.2, -0.15) is 0 Å². The van der Waals surface area contributed by atoms with Crippen LogP contribution in [0.4, 0.5) is 0 Å². The molecule has 112 valence electrons. The third-order valence-corrected chi connectivity index (χ3v) is 3.99. The first-order valence-electron chi connectivity index (χ1n) is 6.60. The minimum absolute atomic E-state index is 0.0856. The number of aromatic nitrogens is 4. The smallest absolute Gasteiger partial charge is 0.209 e. The van der Waals surface area contributed by atoms with Crippen molar-refractivity contribution < 1.29 is 9.53 Å². The Kier molecular flexibility index (Phi) is 5.46. The molecular formula is C14H18N4O2S. The van der Waals surface area contributed by atoms with Crippen molar-refractivity contribution in [2.45, 2.75) is 25.5 Å². The highest BCUT2D eigenvalue weighted by Gasteiger charge is 2.13. The maximum Gasteiger partial charge on any atom is 0.209 e. The van der Waals surface area contributed by atoms with Gasteiger partial charge in [0.2, 0.25) is 5.16 Å². The second-order valence-corrected chi connectivity index (χ2v) is 5.65. The lowest BCUT2D eigenvalue weighted by molar-refractivity contribution is 0.102. The average molecular weight is 306 g/mol. The van der Waals surface area contributed by atoms with Crippen LogP contribution in [0, 0.1) is 13.8 Å². The molecule has 0 aliphatic carbocycles. The van der Waals surface area contributed by atoms with Crippen LogP contribution in [0.25, 0.3) is 0 Å². The second kappa shape index (κ2) is 7.33. The van der Waals surface area contributed by atoms with Crippen molar-refractivity contribution in [3.8, 4) is 0 Å². The number of hydrogen-bond acceptors (Lipinski definition) is 6. The lowest BCUT2D eigenvalue weighted by Gasteiger charge is -2.06. The number of ether oxygens (including phenoxy) is 1. The molecule has 0 saturated carbocycles. The summed E-state index contributed by atoms with van der Waals surface area (Å²) < 4.78 is 6.64. The Balaban J connectivity index is 2.01. The van der Waals surface area contributed by atoms with Gasteiger partial charge in [0.05, 0.1) is 18.9 Å². The Bertz CT molecular complexity index is 627. The Hall–Kier alpha value is -1.73. The van der Waals surface area contributed by atoms with Crippen molar-refractivity contribution >= 4 is 17.5 Å². The van der Waals surface area contributed by atoms with E-state index < -0.39 is 0 Å². The lowest BCUT2D eigenvalue weighted by atomic mass is 10.0. The first kappa shape index (κ1) is 15.7. The van der Waals surface area contributed by atoms with Gasteiger partial charge < -0.3 is 4.74 Å². The van der Waals surface area contributed by atoms with Crippen LogP contribution in [-0.2, 0) is 11.3 Å². The number of methoxy groups -OCH3 is 1. The number of Topliss-reactive ketones (excluding diaryl/α,β-unsaturated/α-hetero) is 1. The van der Waals surface area contributed by atoms with Gasteiger partial charge in [0, 0.05) is 12.7 Å². The predicted molar refractivity (Wildman–Crippen MR) is 80.7 cm³/mol. The number of tetrazole rings is 1. The summed E-state index contributed by atoms with van der Waals surface area (Å²) in [4.78, 5) is 12.3. The standard InChI is InChI=1S/C14H18N4O2S/c1-10-4-5-11(2)12(8-10)13(19)9-21-14-15-16-17-18(14)6-7-20-3/h4-5,8H,6-7,9H2,1-3H3. The Morgan fingerprint density at radius 3 is 2.95 bits per heavy atom. The molecule has 6 nitrogen and oxygen atoms in total. The van der Waals surface area contributed by atoms with Crippen LogP contribution in [0.15, 0.2) is 23.4 Å². The van der Waals surface area contributed by atoms with Gasteiger partial charge in [0.25, 0.3) is 0 Å². The van der Waals surface area contributed by atoms with Crippen LogP contribution in [0.3, 0.4) is 0 Å². The number of rotatable bonds is 7. The fourth-order valence-corrected chi connectivity index (χ4v) is 2.65. The van der Waals surface area contributed by atoms with Crippen molar-refractivity contribution in [1.82, 2.24) is 20.2 Å². The van der Waals surface area contributed by atoms with Crippen LogP contribution in [0.1, 0.15) is 21.5 Å². The number of carbonyl (C=O) groups excluding carboxylic acids is 1. The predicted octanol–water partition coefficient (Wildman–Crippen LogP) is 1.91. The van der Waals surface area contributed by atoms with Gasteiger partial charge >= 0.3 is 0 Å². The molecule has 0 amide bonds. The third-order valence-electron chi connectivity index (χ3n) is 3.03. The molecule has 21 heavy (non-hydrogen) atoms. The monoisotopic (exact) mass is 306 g/mol. The quantitative estimate of drug-likeness (QED) is 0.575. The van der Waals surface area contributed by atoms with E-state index in [4.69, 9.17) is 4.74 Å². The van der Waals surface area contributed by atoms with Gasteiger partial charge in [-0.1, -0.05) is 29.5 Å². The SMILES string of the molecule is COCCn1nnnc1SCC(=O)c1cc(C)ccc1C. The van der Waals surface area contributed by atoms with E-state index in [1.165, 1.54) is 11.8 Å². The summed E-state index contributed by atoms with van der Waals surface area (Å²) >= 11 is 1.34. The van der Waals surface area contributed by atoms with E-state index in [1.807, 2.05) is 32.0 Å². The van der Waals surface area contributed by atoms with Crippen LogP contribution in [0.2, 0.25) is 0 Å². The maximum absolute atomic E-state index is 12.3. The molecule has 0 fully saturated rings. The average Bonchev–Trinajstić information content (AvgIpc) is 2.92. The van der Waals surface area contributed by atoms with E-state index in [9.17, 15) is 4.79 Å². The van der Waals surface area contributed by atoms with Crippen LogP contribution < -0.4 is 0 Å². The summed E-state index contributed by atoms with van der Waals surface area (Å²) in [6.07, 6.45) is 0. The minimum atomic E-state index is 0.0856. The topological polar surface area (TPSA) is 69.9 Å². The maximum atomic E-state index is 12.3. The number of ketones is 1. The van der Waals surface area contributed by atoms with Gasteiger partial charge in [-0.15, -0.1) is 5.10 Å². The summed E-state index contributed by atoms with van der Waals surface area (Å²) in [6, 6.07) is 5.90. The Labute approximate surface area is 127 Å². The molecule has 0 aliphatic rings. The van der Waals surface area contributed by atoms with Gasteiger partial charge in [0.1, 0.15) is 0 Å². The summed E-state index contributed by atoms with van der Waals surface area (Å²) in [7, 11) is 1.63. The fraction of sp³-hybridized carbons (Fsp3) is 0.429. The summed E-state index contributed by atoms with van der Waals surface area (Å²) in [5, 5.41) is 12.1. The Morgan fingerprint density at radius 1 is 1.38 bits per heavy atom. The van der Waals surface area contributed by atoms with Crippen molar-refractivity contribution in [2.24, 2.45) is 0 Å². The van der Waals surface area contributed by atoms with E-state index >= 15 is 0 Å². The first-order valence-corrected chi connectivity index (χ1v) is 7.58. The highest BCUT2D eigenvalue weighted by Crippen LogP contribution is 2.18. The molecule has 0 saturated heterocycles. The van der Waals surface area contributed by atoms with E-state index in [2.05, 4.69) is 15.5 Å². The zero-order valence-corrected chi connectivity index (χ0v) is 13.2. The first-order chi connectivity index (χ1) is 10.1. The molecule has 0 bridgehead atoms. The zero-order valence-electron chi connectivity index (χ0n) is 12.4. The van der Waals surface area contributed by atoms with Crippen molar-refractivity contribution in [2.75, 3.05) is 19.5 Å². The normalized spacial score (nSPS) is 10.8. The lowest BCUT2D eigenvalue weighted by Crippen LogP contribution is -2.10. The van der Waals surface area contributed by atoms with Gasteiger partial charge in [-0.3, -0.25) is 4.79 Å². The van der Waals surface area contributed by atoms with E-state index in [1.54, 1.807) is 11.8 Å². The molecule has 0 unspecified atom stereocenters. The molecule has 0 N–H and O–H groups in total. The largest absolute Gasteiger partial charge is 0.383 e. The van der Waals surface area contributed by atoms with E-state index in [-0.39, 0.29) is 5.78 Å². The molecular weight excluding hydrogens is 288 g/mol. The number of thioether (sulfide) groups is 1. The minimum Gasteiger partial charge on any atom is -0.383 e. The van der Waals surface area contributed by atoms with Crippen molar-refractivity contribution in [3.05, 3.63) is 34.9 Å².